The molecular weight excluding hydrogens is 340 g/mol. The Morgan fingerprint density at radius 2 is 2.16 bits per heavy atom. The van der Waals surface area contributed by atoms with E-state index in [9.17, 15) is 9.90 Å². The zero-order chi connectivity index (χ0) is 18.0. The molecule has 0 spiro atoms. The summed E-state index contributed by atoms with van der Waals surface area (Å²) in [6.07, 6.45) is 3.27. The van der Waals surface area contributed by atoms with Crippen LogP contribution in [0.25, 0.3) is 10.1 Å². The van der Waals surface area contributed by atoms with Gasteiger partial charge in [0.05, 0.1) is 29.4 Å². The number of carbonyl (C=O) groups is 1. The zero-order valence-electron chi connectivity index (χ0n) is 14.2. The van der Waals surface area contributed by atoms with E-state index in [-0.39, 0.29) is 17.9 Å². The number of thiophene rings is 1. The van der Waals surface area contributed by atoms with Gasteiger partial charge in [-0.1, -0.05) is 0 Å². The lowest BCUT2D eigenvalue weighted by Gasteiger charge is -2.07. The number of aryl methyl sites for hydroxylation is 2. The van der Waals surface area contributed by atoms with E-state index in [1.54, 1.807) is 19.4 Å². The Labute approximate surface area is 148 Å². The number of benzene rings is 1. The topological polar surface area (TPSA) is 89.1 Å². The van der Waals surface area contributed by atoms with Crippen LogP contribution in [0.5, 0.6) is 5.75 Å². The van der Waals surface area contributed by atoms with E-state index in [4.69, 9.17) is 4.74 Å². The van der Waals surface area contributed by atoms with Gasteiger partial charge >= 0.3 is 5.97 Å². The maximum absolute atomic E-state index is 12.3. The maximum Gasteiger partial charge on any atom is 0.340 e. The average Bonchev–Trinajstić information content (AvgIpc) is 3.20. The molecule has 0 amide bonds. The van der Waals surface area contributed by atoms with Crippen molar-refractivity contribution in [2.24, 2.45) is 10.2 Å². The highest BCUT2D eigenvalue weighted by atomic mass is 32.1. The summed E-state index contributed by atoms with van der Waals surface area (Å²) < 4.78 is 7.64. The van der Waals surface area contributed by atoms with Gasteiger partial charge in [0.25, 0.3) is 0 Å². The highest BCUT2D eigenvalue weighted by Crippen LogP contribution is 2.42. The van der Waals surface area contributed by atoms with E-state index in [0.717, 1.165) is 4.88 Å². The third-order valence-corrected chi connectivity index (χ3v) is 4.72. The molecule has 2 heterocycles. The van der Waals surface area contributed by atoms with Gasteiger partial charge in [-0.05, 0) is 32.9 Å². The molecule has 0 bridgehead atoms. The van der Waals surface area contributed by atoms with Gasteiger partial charge in [0.2, 0.25) is 0 Å². The number of hydrogen-bond acceptors (Lipinski definition) is 7. The lowest BCUT2D eigenvalue weighted by atomic mass is 10.1. The fourth-order valence-corrected chi connectivity index (χ4v) is 3.51. The van der Waals surface area contributed by atoms with Crippen molar-refractivity contribution in [3.05, 3.63) is 35.1 Å². The maximum atomic E-state index is 12.3. The molecule has 0 aliphatic rings. The molecule has 7 nitrogen and oxygen atoms in total. The van der Waals surface area contributed by atoms with E-state index < -0.39 is 5.97 Å². The summed E-state index contributed by atoms with van der Waals surface area (Å²) >= 11 is 1.45. The third-order valence-electron chi connectivity index (χ3n) is 3.66. The number of phenolic OH excluding ortho intramolecular Hbond substituents is 1. The van der Waals surface area contributed by atoms with E-state index in [2.05, 4.69) is 15.2 Å². The molecule has 0 aliphatic heterocycles. The van der Waals surface area contributed by atoms with Crippen molar-refractivity contribution in [1.29, 1.82) is 0 Å². The lowest BCUT2D eigenvalue weighted by Crippen LogP contribution is -2.04. The van der Waals surface area contributed by atoms with Crippen molar-refractivity contribution in [3.63, 3.8) is 0 Å². The molecule has 3 aromatic rings. The smallest absolute Gasteiger partial charge is 0.340 e. The Bertz CT molecular complexity index is 958. The largest absolute Gasteiger partial charge is 0.507 e. The first-order chi connectivity index (χ1) is 12.0. The van der Waals surface area contributed by atoms with E-state index in [1.165, 1.54) is 17.4 Å². The summed E-state index contributed by atoms with van der Waals surface area (Å²) in [7, 11) is 0. The number of nitrogens with zero attached hydrogens (tertiary/aromatic N) is 4. The van der Waals surface area contributed by atoms with Crippen molar-refractivity contribution in [2.45, 2.75) is 27.3 Å². The van der Waals surface area contributed by atoms with Crippen LogP contribution in [0.3, 0.4) is 0 Å². The van der Waals surface area contributed by atoms with Crippen molar-refractivity contribution in [2.75, 3.05) is 6.61 Å². The molecule has 0 saturated heterocycles. The van der Waals surface area contributed by atoms with Crippen LogP contribution >= 0.6 is 11.3 Å². The Balaban J connectivity index is 2.18. The predicted molar refractivity (Wildman–Crippen MR) is 96.3 cm³/mol. The third kappa shape index (κ3) is 3.25. The molecule has 1 N–H and O–H groups in total. The van der Waals surface area contributed by atoms with Crippen molar-refractivity contribution in [1.82, 2.24) is 9.55 Å². The molecule has 3 rings (SSSR count). The van der Waals surface area contributed by atoms with Gasteiger partial charge in [-0.2, -0.15) is 0 Å². The van der Waals surface area contributed by atoms with Crippen LogP contribution in [0, 0.1) is 6.92 Å². The monoisotopic (exact) mass is 358 g/mol. The van der Waals surface area contributed by atoms with Crippen LogP contribution < -0.4 is 0 Å². The second-order valence-corrected chi connectivity index (χ2v) is 6.61. The summed E-state index contributed by atoms with van der Waals surface area (Å²) in [5.41, 5.74) is 0.591. The van der Waals surface area contributed by atoms with Crippen LogP contribution in [0.15, 0.2) is 34.9 Å². The Kier molecular flexibility index (Phi) is 4.80. The summed E-state index contributed by atoms with van der Waals surface area (Å²) in [6, 6.07) is 3.25. The Morgan fingerprint density at radius 1 is 1.36 bits per heavy atom. The minimum absolute atomic E-state index is 0.0277. The first kappa shape index (κ1) is 17.1. The van der Waals surface area contributed by atoms with Crippen molar-refractivity contribution in [3.8, 4) is 5.75 Å². The predicted octanol–water partition coefficient (Wildman–Crippen LogP) is 4.72. The Hall–Kier alpha value is -2.74. The number of aromatic hydroxyl groups is 1. The molecule has 1 aromatic carbocycles. The average molecular weight is 358 g/mol. The highest BCUT2D eigenvalue weighted by Gasteiger charge is 2.20. The fraction of sp³-hybridized carbons (Fsp3) is 0.294. The van der Waals surface area contributed by atoms with Gasteiger partial charge in [-0.25, -0.2) is 9.78 Å². The highest BCUT2D eigenvalue weighted by molar-refractivity contribution is 7.19. The number of hydrogen-bond donors (Lipinski definition) is 1. The molecule has 130 valence electrons. The molecule has 0 atom stereocenters. The van der Waals surface area contributed by atoms with Crippen molar-refractivity contribution >= 4 is 38.9 Å². The minimum Gasteiger partial charge on any atom is -0.507 e. The number of aromatic nitrogens is 2. The first-order valence-electron chi connectivity index (χ1n) is 7.90. The molecule has 2 aromatic heterocycles. The van der Waals surface area contributed by atoms with E-state index >= 15 is 0 Å². The molecule has 25 heavy (non-hydrogen) atoms. The molecule has 0 fully saturated rings. The van der Waals surface area contributed by atoms with Crippen LogP contribution in [-0.2, 0) is 11.3 Å². The number of esters is 1. The second kappa shape index (κ2) is 7.02. The van der Waals surface area contributed by atoms with Gasteiger partial charge in [0, 0.05) is 16.8 Å². The number of fused-ring (bicyclic) bond motifs is 1. The molecule has 0 unspecified atom stereocenters. The molecule has 8 heteroatoms. The SMILES string of the molecule is CCOC(=O)c1cc(O)c2cc(C)sc2c1N=Nc1cncn1CC. The molecule has 0 saturated carbocycles. The molecular formula is C17H18N4O3S. The van der Waals surface area contributed by atoms with E-state index in [0.29, 0.717) is 28.1 Å². The summed E-state index contributed by atoms with van der Waals surface area (Å²) in [5.74, 6) is 0.0791. The first-order valence-corrected chi connectivity index (χ1v) is 8.71. The zero-order valence-corrected chi connectivity index (χ0v) is 15.0. The van der Waals surface area contributed by atoms with Gasteiger partial charge in [0.15, 0.2) is 5.82 Å². The second-order valence-electron chi connectivity index (χ2n) is 5.35. The van der Waals surface area contributed by atoms with Gasteiger partial charge in [-0.3, -0.25) is 0 Å². The van der Waals surface area contributed by atoms with Crippen molar-refractivity contribution < 1.29 is 14.6 Å². The quantitative estimate of drug-likeness (QED) is 0.528. The summed E-state index contributed by atoms with van der Waals surface area (Å²) in [5, 5.41) is 19.4. The van der Waals surface area contributed by atoms with Crippen LogP contribution in [-0.4, -0.2) is 27.2 Å². The number of phenols is 1. The van der Waals surface area contributed by atoms with E-state index in [1.807, 2.05) is 24.5 Å². The minimum atomic E-state index is -0.538. The number of carbonyl (C=O) groups excluding carboxylic acids is 1. The van der Waals surface area contributed by atoms with Crippen LogP contribution in [0.1, 0.15) is 29.1 Å². The number of azo groups is 1. The number of ether oxygens (including phenoxy) is 1. The van der Waals surface area contributed by atoms with Crippen LogP contribution in [0.2, 0.25) is 0 Å². The van der Waals surface area contributed by atoms with Gasteiger partial charge in [-0.15, -0.1) is 21.6 Å². The van der Waals surface area contributed by atoms with Gasteiger partial charge < -0.3 is 14.4 Å². The van der Waals surface area contributed by atoms with Crippen LogP contribution in [0.4, 0.5) is 11.5 Å². The lowest BCUT2D eigenvalue weighted by molar-refractivity contribution is 0.0527. The van der Waals surface area contributed by atoms with Gasteiger partial charge in [0.1, 0.15) is 11.4 Å². The normalized spacial score (nSPS) is 11.5. The number of imidazole rings is 1. The molecule has 0 radical (unpaired) electrons. The number of rotatable bonds is 5. The summed E-state index contributed by atoms with van der Waals surface area (Å²) in [4.78, 5) is 17.4. The molecule has 0 aliphatic carbocycles. The standard InChI is InChI=1S/C17H18N4O3S/c1-4-21-9-18-8-14(21)19-20-15-12(17(23)24-5-2)7-13(22)11-6-10(3)25-16(11)15/h6-9,22H,4-5H2,1-3H3. The Morgan fingerprint density at radius 3 is 2.88 bits per heavy atom. The summed E-state index contributed by atoms with van der Waals surface area (Å²) in [6.45, 7) is 6.59. The fourth-order valence-electron chi connectivity index (χ4n) is 2.49.